The van der Waals surface area contributed by atoms with E-state index < -0.39 is 21.5 Å². The molecular formula is C18H20N4O3S. The lowest BCUT2D eigenvalue weighted by Crippen LogP contribution is -2.30. The Kier molecular flexibility index (Phi) is 4.88. The van der Waals surface area contributed by atoms with E-state index in [9.17, 15) is 8.42 Å². The van der Waals surface area contributed by atoms with E-state index in [2.05, 4.69) is 19.7 Å². The quantitative estimate of drug-likeness (QED) is 0.739. The topological polar surface area (TPSA) is 98.0 Å². The number of pyridine rings is 2. The molecule has 26 heavy (non-hydrogen) atoms. The molecular weight excluding hydrogens is 352 g/mol. The molecule has 0 amide bonds. The summed E-state index contributed by atoms with van der Waals surface area (Å²) in [7, 11) is -3.94. The molecule has 0 radical (unpaired) electrons. The van der Waals surface area contributed by atoms with Gasteiger partial charge in [0.2, 0.25) is 5.89 Å². The second kappa shape index (κ2) is 6.97. The SMILES string of the molecule is CC(C)(C)c1ncc(S(=O)(=O)NC(c2cccnc2)c2ccccn2)o1. The van der Waals surface area contributed by atoms with Crippen LogP contribution in [0.5, 0.6) is 0 Å². The third-order valence-corrected chi connectivity index (χ3v) is 4.93. The third kappa shape index (κ3) is 3.97. The van der Waals surface area contributed by atoms with Crippen LogP contribution < -0.4 is 4.72 Å². The van der Waals surface area contributed by atoms with Gasteiger partial charge in [-0.3, -0.25) is 9.97 Å². The van der Waals surface area contributed by atoms with Crippen LogP contribution in [0.25, 0.3) is 0 Å². The summed E-state index contributed by atoms with van der Waals surface area (Å²) in [6.07, 6.45) is 6.06. The Morgan fingerprint density at radius 1 is 1.04 bits per heavy atom. The Hall–Kier alpha value is -2.58. The standard InChI is InChI=1S/C18H20N4O3S/c1-18(2,3)17-21-12-15(25-17)26(23,24)22-16(13-7-6-9-19-11-13)14-8-4-5-10-20-14/h4-12,16,22H,1-3H3. The van der Waals surface area contributed by atoms with E-state index in [1.807, 2.05) is 20.8 Å². The normalized spacial score (nSPS) is 13.5. The summed E-state index contributed by atoms with van der Waals surface area (Å²) in [6.45, 7) is 5.69. The minimum Gasteiger partial charge on any atom is -0.427 e. The van der Waals surface area contributed by atoms with Crippen molar-refractivity contribution in [3.63, 3.8) is 0 Å². The zero-order valence-electron chi connectivity index (χ0n) is 14.7. The molecule has 1 atom stereocenters. The van der Waals surface area contributed by atoms with Gasteiger partial charge < -0.3 is 4.42 Å². The van der Waals surface area contributed by atoms with Gasteiger partial charge in [0.05, 0.1) is 17.9 Å². The van der Waals surface area contributed by atoms with Crippen LogP contribution in [0.1, 0.15) is 44.0 Å². The Morgan fingerprint density at radius 3 is 2.42 bits per heavy atom. The van der Waals surface area contributed by atoms with E-state index in [1.54, 1.807) is 48.9 Å². The lowest BCUT2D eigenvalue weighted by Gasteiger charge is -2.17. The van der Waals surface area contributed by atoms with Crippen LogP contribution in [0.3, 0.4) is 0 Å². The predicted octanol–water partition coefficient (Wildman–Crippen LogP) is 2.83. The van der Waals surface area contributed by atoms with Crippen molar-refractivity contribution < 1.29 is 12.8 Å². The van der Waals surface area contributed by atoms with Gasteiger partial charge in [-0.1, -0.05) is 32.9 Å². The average molecular weight is 372 g/mol. The molecule has 7 nitrogen and oxygen atoms in total. The fourth-order valence-corrected chi connectivity index (χ4v) is 3.40. The van der Waals surface area contributed by atoms with Crippen LogP contribution in [0.4, 0.5) is 0 Å². The zero-order valence-corrected chi connectivity index (χ0v) is 15.6. The Morgan fingerprint density at radius 2 is 1.85 bits per heavy atom. The molecule has 8 heteroatoms. The first-order chi connectivity index (χ1) is 12.3. The first-order valence-corrected chi connectivity index (χ1v) is 9.55. The van der Waals surface area contributed by atoms with Gasteiger partial charge in [-0.05, 0) is 23.8 Å². The summed E-state index contributed by atoms with van der Waals surface area (Å²) in [5.74, 6) is 0.355. The molecule has 0 bridgehead atoms. The Bertz CT molecular complexity index is 925. The van der Waals surface area contributed by atoms with Crippen LogP contribution >= 0.6 is 0 Å². The van der Waals surface area contributed by atoms with Crippen molar-refractivity contribution in [3.05, 3.63) is 72.3 Å². The monoisotopic (exact) mass is 372 g/mol. The molecule has 0 aliphatic rings. The van der Waals surface area contributed by atoms with Crippen molar-refractivity contribution in [1.82, 2.24) is 19.7 Å². The van der Waals surface area contributed by atoms with E-state index >= 15 is 0 Å². The summed E-state index contributed by atoms with van der Waals surface area (Å²) >= 11 is 0. The fraction of sp³-hybridized carbons (Fsp3) is 0.278. The van der Waals surface area contributed by atoms with Crippen molar-refractivity contribution in [3.8, 4) is 0 Å². The van der Waals surface area contributed by atoms with E-state index in [4.69, 9.17) is 4.42 Å². The highest BCUT2D eigenvalue weighted by Crippen LogP contribution is 2.26. The maximum absolute atomic E-state index is 12.8. The second-order valence-electron chi connectivity index (χ2n) is 6.83. The second-order valence-corrected chi connectivity index (χ2v) is 8.47. The molecule has 3 aromatic heterocycles. The molecule has 1 unspecified atom stereocenters. The highest BCUT2D eigenvalue weighted by Gasteiger charge is 2.29. The molecule has 3 rings (SSSR count). The molecule has 136 valence electrons. The molecule has 0 spiro atoms. The molecule has 0 aromatic carbocycles. The summed E-state index contributed by atoms with van der Waals surface area (Å²) in [4.78, 5) is 12.4. The van der Waals surface area contributed by atoms with E-state index in [1.165, 1.54) is 6.20 Å². The highest BCUT2D eigenvalue weighted by molar-refractivity contribution is 7.89. The van der Waals surface area contributed by atoms with Crippen LogP contribution in [-0.2, 0) is 15.4 Å². The first kappa shape index (κ1) is 18.2. The summed E-state index contributed by atoms with van der Waals surface area (Å²) in [5.41, 5.74) is 0.835. The molecule has 1 N–H and O–H groups in total. The van der Waals surface area contributed by atoms with Crippen molar-refractivity contribution >= 4 is 10.0 Å². The number of oxazole rings is 1. The predicted molar refractivity (Wildman–Crippen MR) is 95.8 cm³/mol. The van der Waals surface area contributed by atoms with E-state index in [0.717, 1.165) is 0 Å². The third-order valence-electron chi connectivity index (χ3n) is 3.67. The molecule has 0 aliphatic heterocycles. The number of hydrogen-bond donors (Lipinski definition) is 1. The van der Waals surface area contributed by atoms with Gasteiger partial charge in [0.15, 0.2) is 0 Å². The number of rotatable bonds is 5. The summed E-state index contributed by atoms with van der Waals surface area (Å²) in [5, 5.41) is -0.229. The molecule has 0 aliphatic carbocycles. The number of nitrogens with one attached hydrogen (secondary N) is 1. The Labute approximate surface area is 152 Å². The first-order valence-electron chi connectivity index (χ1n) is 8.07. The zero-order chi connectivity index (χ0) is 18.8. The number of nitrogens with zero attached hydrogens (tertiary/aromatic N) is 3. The van der Waals surface area contributed by atoms with E-state index in [-0.39, 0.29) is 5.09 Å². The smallest absolute Gasteiger partial charge is 0.276 e. The lowest BCUT2D eigenvalue weighted by atomic mass is 9.97. The van der Waals surface area contributed by atoms with Crippen molar-refractivity contribution in [1.29, 1.82) is 0 Å². The van der Waals surface area contributed by atoms with Gasteiger partial charge in [0, 0.05) is 24.0 Å². The van der Waals surface area contributed by atoms with Crippen LogP contribution in [-0.4, -0.2) is 23.4 Å². The average Bonchev–Trinajstić information content (AvgIpc) is 3.13. The van der Waals surface area contributed by atoms with Crippen molar-refractivity contribution in [2.24, 2.45) is 0 Å². The van der Waals surface area contributed by atoms with Gasteiger partial charge >= 0.3 is 0 Å². The minimum atomic E-state index is -3.94. The van der Waals surface area contributed by atoms with Crippen molar-refractivity contribution in [2.45, 2.75) is 37.3 Å². The van der Waals surface area contributed by atoms with Crippen LogP contribution in [0.15, 0.2) is 64.6 Å². The number of hydrogen-bond acceptors (Lipinski definition) is 6. The minimum absolute atomic E-state index is 0.229. The summed E-state index contributed by atoms with van der Waals surface area (Å²) in [6, 6.07) is 8.15. The molecule has 0 saturated heterocycles. The van der Waals surface area contributed by atoms with Gasteiger partial charge in [-0.25, -0.2) is 13.4 Å². The molecule has 3 aromatic rings. The number of sulfonamides is 1. The lowest BCUT2D eigenvalue weighted by molar-refractivity contribution is 0.341. The fourth-order valence-electron chi connectivity index (χ4n) is 2.34. The van der Waals surface area contributed by atoms with Crippen LogP contribution in [0.2, 0.25) is 0 Å². The maximum Gasteiger partial charge on any atom is 0.276 e. The highest BCUT2D eigenvalue weighted by atomic mass is 32.2. The van der Waals surface area contributed by atoms with Gasteiger partial charge in [-0.2, -0.15) is 4.72 Å². The molecule has 0 fully saturated rings. The van der Waals surface area contributed by atoms with Gasteiger partial charge in [-0.15, -0.1) is 0 Å². The number of aromatic nitrogens is 3. The molecule has 3 heterocycles. The largest absolute Gasteiger partial charge is 0.427 e. The van der Waals surface area contributed by atoms with Gasteiger partial charge in [0.25, 0.3) is 15.1 Å². The van der Waals surface area contributed by atoms with Crippen molar-refractivity contribution in [2.75, 3.05) is 0 Å². The molecule has 0 saturated carbocycles. The van der Waals surface area contributed by atoms with Gasteiger partial charge in [0.1, 0.15) is 0 Å². The van der Waals surface area contributed by atoms with Crippen LogP contribution in [0, 0.1) is 0 Å². The maximum atomic E-state index is 12.8. The summed E-state index contributed by atoms with van der Waals surface area (Å²) < 4.78 is 33.8. The Balaban J connectivity index is 1.97. The van der Waals surface area contributed by atoms with E-state index in [0.29, 0.717) is 17.1 Å².